The molecule has 1 aromatic heterocycles. The van der Waals surface area contributed by atoms with Crippen molar-refractivity contribution in [1.29, 1.82) is 0 Å². The summed E-state index contributed by atoms with van der Waals surface area (Å²) in [5.41, 5.74) is 3.41. The molecule has 13 heteroatoms. The number of rotatable bonds is 4. The van der Waals surface area contributed by atoms with Crippen molar-refractivity contribution >= 4 is 33.7 Å². The van der Waals surface area contributed by atoms with Gasteiger partial charge in [0, 0.05) is 62.8 Å². The summed E-state index contributed by atoms with van der Waals surface area (Å²) >= 11 is 0. The van der Waals surface area contributed by atoms with E-state index in [1.54, 1.807) is 26.8 Å². The predicted molar refractivity (Wildman–Crippen MR) is 162 cm³/mol. The molecule has 3 amide bonds. The lowest BCUT2D eigenvalue weighted by Gasteiger charge is -2.41. The van der Waals surface area contributed by atoms with Crippen molar-refractivity contribution in [1.82, 2.24) is 24.7 Å². The van der Waals surface area contributed by atoms with Gasteiger partial charge in [0.15, 0.2) is 0 Å². The summed E-state index contributed by atoms with van der Waals surface area (Å²) < 4.78 is 35.4. The molecule has 230 valence electrons. The number of amides is 3. The summed E-state index contributed by atoms with van der Waals surface area (Å²) in [4.78, 5) is 52.8. The van der Waals surface area contributed by atoms with Crippen LogP contribution >= 0.6 is 0 Å². The lowest BCUT2D eigenvalue weighted by Crippen LogP contribution is -2.58. The molecule has 3 aliphatic heterocycles. The first kappa shape index (κ1) is 29.5. The highest BCUT2D eigenvalue weighted by molar-refractivity contribution is 7.92. The van der Waals surface area contributed by atoms with E-state index in [9.17, 15) is 22.8 Å². The number of benzene rings is 2. The standard InChI is InChI=1S/C31H34N6O6S/c1-20-6-3-7-21(2)29(20)25-17-26-33-31(32-25)34-44(41,42)24-9-4-8-22(16-24)30(40)37-15-14-36(18-23(37)19-43-26)28(39)11-13-35-12-5-10-27(35)38/h3-4,6-9,16-17,23H,5,10-15,18-19H2,1-2H3,(H,32,33,34). The Bertz CT molecular complexity index is 1720. The highest BCUT2D eigenvalue weighted by Crippen LogP contribution is 2.30. The van der Waals surface area contributed by atoms with Crippen LogP contribution in [-0.4, -0.2) is 96.2 Å². The Kier molecular flexibility index (Phi) is 7.97. The number of nitrogens with one attached hydrogen (secondary N) is 1. The number of piperazine rings is 1. The Morgan fingerprint density at radius 1 is 1.02 bits per heavy atom. The average Bonchev–Trinajstić information content (AvgIpc) is 3.42. The molecule has 44 heavy (non-hydrogen) atoms. The molecule has 2 saturated heterocycles. The first-order chi connectivity index (χ1) is 21.1. The number of likely N-dealkylation sites (tertiary alicyclic amines) is 1. The first-order valence-electron chi connectivity index (χ1n) is 14.7. The van der Waals surface area contributed by atoms with Crippen LogP contribution in [0, 0.1) is 13.8 Å². The van der Waals surface area contributed by atoms with E-state index >= 15 is 0 Å². The lowest BCUT2D eigenvalue weighted by atomic mass is 10.00. The third kappa shape index (κ3) is 5.96. The van der Waals surface area contributed by atoms with E-state index in [-0.39, 0.29) is 66.1 Å². The zero-order chi connectivity index (χ0) is 31.0. The molecule has 2 aromatic carbocycles. The number of fused-ring (bicyclic) bond motifs is 5. The highest BCUT2D eigenvalue weighted by atomic mass is 32.2. The third-order valence-corrected chi connectivity index (χ3v) is 9.67. The fraction of sp³-hybridized carbons (Fsp3) is 0.387. The van der Waals surface area contributed by atoms with Crippen molar-refractivity contribution < 1.29 is 27.5 Å². The summed E-state index contributed by atoms with van der Waals surface area (Å²) in [6, 6.07) is 12.8. The minimum atomic E-state index is -4.15. The Hall–Kier alpha value is -4.52. The summed E-state index contributed by atoms with van der Waals surface area (Å²) in [6.07, 6.45) is 1.52. The smallest absolute Gasteiger partial charge is 0.264 e. The van der Waals surface area contributed by atoms with E-state index < -0.39 is 16.1 Å². The molecular formula is C31H34N6O6S. The molecule has 2 fully saturated rings. The maximum Gasteiger partial charge on any atom is 0.264 e. The lowest BCUT2D eigenvalue weighted by molar-refractivity contribution is -0.135. The number of carbonyl (C=O) groups is 3. The number of hydrogen-bond donors (Lipinski definition) is 1. The summed E-state index contributed by atoms with van der Waals surface area (Å²) in [5.74, 6) is -0.424. The Labute approximate surface area is 256 Å². The van der Waals surface area contributed by atoms with Crippen LogP contribution in [0.2, 0.25) is 0 Å². The van der Waals surface area contributed by atoms with Crippen molar-refractivity contribution in [3.8, 4) is 17.1 Å². The van der Waals surface area contributed by atoms with Crippen molar-refractivity contribution in [2.45, 2.75) is 44.0 Å². The molecule has 3 aromatic rings. The number of ether oxygens (including phenoxy) is 1. The molecule has 4 heterocycles. The normalized spacial score (nSPS) is 19.7. The van der Waals surface area contributed by atoms with Gasteiger partial charge in [0.05, 0.1) is 16.6 Å². The summed E-state index contributed by atoms with van der Waals surface area (Å²) in [6.45, 7) is 5.70. The van der Waals surface area contributed by atoms with Crippen LogP contribution in [0.1, 0.15) is 40.7 Å². The maximum atomic E-state index is 13.8. The fourth-order valence-corrected chi connectivity index (χ4v) is 7.02. The fourth-order valence-electron chi connectivity index (χ4n) is 6.03. The second kappa shape index (κ2) is 11.9. The van der Waals surface area contributed by atoms with E-state index in [1.807, 2.05) is 32.0 Å². The number of nitrogens with zero attached hydrogens (tertiary/aromatic N) is 5. The van der Waals surface area contributed by atoms with Crippen LogP contribution in [0.3, 0.4) is 0 Å². The van der Waals surface area contributed by atoms with Gasteiger partial charge in [-0.3, -0.25) is 14.4 Å². The zero-order valence-electron chi connectivity index (χ0n) is 24.7. The average molecular weight is 619 g/mol. The van der Waals surface area contributed by atoms with Gasteiger partial charge in [0.1, 0.15) is 6.61 Å². The van der Waals surface area contributed by atoms with Gasteiger partial charge in [-0.1, -0.05) is 24.3 Å². The summed E-state index contributed by atoms with van der Waals surface area (Å²) in [5, 5.41) is 0. The van der Waals surface area contributed by atoms with Crippen LogP contribution in [0.5, 0.6) is 5.88 Å². The van der Waals surface area contributed by atoms with Gasteiger partial charge < -0.3 is 19.4 Å². The number of aromatic nitrogens is 2. The number of anilines is 1. The second-order valence-corrected chi connectivity index (χ2v) is 13.0. The second-order valence-electron chi connectivity index (χ2n) is 11.4. The van der Waals surface area contributed by atoms with Crippen LogP contribution < -0.4 is 9.46 Å². The van der Waals surface area contributed by atoms with Gasteiger partial charge in [0.2, 0.25) is 23.6 Å². The quantitative estimate of drug-likeness (QED) is 0.471. The van der Waals surface area contributed by atoms with Crippen molar-refractivity contribution in [2.75, 3.05) is 44.1 Å². The zero-order valence-corrected chi connectivity index (χ0v) is 25.5. The maximum absolute atomic E-state index is 13.8. The molecular weight excluding hydrogens is 584 g/mol. The monoisotopic (exact) mass is 618 g/mol. The van der Waals surface area contributed by atoms with E-state index in [0.29, 0.717) is 31.7 Å². The number of carbonyl (C=O) groups excluding carboxylic acids is 3. The molecule has 1 N–H and O–H groups in total. The van der Waals surface area contributed by atoms with Crippen molar-refractivity contribution in [3.05, 3.63) is 65.2 Å². The molecule has 0 saturated carbocycles. The molecule has 0 spiro atoms. The van der Waals surface area contributed by atoms with E-state index in [1.165, 1.54) is 18.2 Å². The Balaban J connectivity index is 1.34. The summed E-state index contributed by atoms with van der Waals surface area (Å²) in [7, 11) is -4.15. The van der Waals surface area contributed by atoms with Crippen LogP contribution in [-0.2, 0) is 19.6 Å². The minimum absolute atomic E-state index is 0.00915. The predicted octanol–water partition coefficient (Wildman–Crippen LogP) is 2.62. The van der Waals surface area contributed by atoms with Crippen LogP contribution in [0.25, 0.3) is 11.3 Å². The van der Waals surface area contributed by atoms with Crippen molar-refractivity contribution in [3.63, 3.8) is 0 Å². The minimum Gasteiger partial charge on any atom is -0.475 e. The molecule has 0 radical (unpaired) electrons. The topological polar surface area (TPSA) is 142 Å². The van der Waals surface area contributed by atoms with Gasteiger partial charge in [-0.25, -0.2) is 18.1 Å². The molecule has 1 unspecified atom stereocenters. The van der Waals surface area contributed by atoms with E-state index in [2.05, 4.69) is 14.7 Å². The largest absolute Gasteiger partial charge is 0.475 e. The molecule has 3 aliphatic rings. The highest BCUT2D eigenvalue weighted by Gasteiger charge is 2.35. The van der Waals surface area contributed by atoms with Gasteiger partial charge in [-0.05, 0) is 49.6 Å². The Morgan fingerprint density at radius 2 is 1.80 bits per heavy atom. The van der Waals surface area contributed by atoms with E-state index in [0.717, 1.165) is 23.1 Å². The van der Waals surface area contributed by atoms with Gasteiger partial charge >= 0.3 is 0 Å². The first-order valence-corrected chi connectivity index (χ1v) is 16.2. The molecule has 12 nitrogen and oxygen atoms in total. The third-order valence-electron chi connectivity index (χ3n) is 8.34. The van der Waals surface area contributed by atoms with Gasteiger partial charge in [-0.15, -0.1) is 0 Å². The molecule has 4 bridgehead atoms. The Morgan fingerprint density at radius 3 is 2.55 bits per heavy atom. The molecule has 6 rings (SSSR count). The van der Waals surface area contributed by atoms with Gasteiger partial charge in [-0.2, -0.15) is 4.98 Å². The molecule has 1 atom stereocenters. The number of hydrogen-bond acceptors (Lipinski definition) is 8. The van der Waals surface area contributed by atoms with Gasteiger partial charge in [0.25, 0.3) is 15.9 Å². The SMILES string of the molecule is Cc1cccc(C)c1-c1cc2nc(n1)NS(=O)(=O)c1cccc(c1)C(=O)N1CCN(C(=O)CCN3CCCC3=O)CC1CO2. The van der Waals surface area contributed by atoms with E-state index in [4.69, 9.17) is 4.74 Å². The number of sulfonamides is 1. The van der Waals surface area contributed by atoms with Crippen LogP contribution in [0.15, 0.2) is 53.4 Å². The molecule has 0 aliphatic carbocycles. The van der Waals surface area contributed by atoms with Crippen LogP contribution in [0.4, 0.5) is 5.95 Å². The van der Waals surface area contributed by atoms with Crippen molar-refractivity contribution in [2.24, 2.45) is 0 Å². The number of aryl methyl sites for hydroxylation is 2.